The molecule has 1 aromatic heterocycles. The van der Waals surface area contributed by atoms with Gasteiger partial charge in [0.2, 0.25) is 0 Å². The third-order valence-electron chi connectivity index (χ3n) is 16.3. The number of hydrogen-bond acceptors (Lipinski definition) is 0. The highest BCUT2D eigenvalue weighted by Crippen LogP contribution is 2.50. The highest BCUT2D eigenvalue weighted by Gasteiger charge is 2.45. The fourth-order valence-electron chi connectivity index (χ4n) is 13.2. The van der Waals surface area contributed by atoms with Crippen molar-refractivity contribution in [3.63, 3.8) is 0 Å². The summed E-state index contributed by atoms with van der Waals surface area (Å²) < 4.78 is 2.51. The highest BCUT2D eigenvalue weighted by molar-refractivity contribution is 7.20. The second kappa shape index (κ2) is 18.9. The summed E-state index contributed by atoms with van der Waals surface area (Å²) in [4.78, 5) is 0. The Morgan fingerprint density at radius 2 is 0.671 bits per heavy atom. The average molecular weight is 984 g/mol. The van der Waals surface area contributed by atoms with Gasteiger partial charge in [0.05, 0.1) is 16.4 Å². The molecule has 12 aromatic carbocycles. The van der Waals surface area contributed by atoms with Gasteiger partial charge >= 0.3 is 0 Å². The summed E-state index contributed by atoms with van der Waals surface area (Å²) in [5, 5.41) is 7.80. The van der Waals surface area contributed by atoms with Gasteiger partial charge in [0.1, 0.15) is 0 Å². The molecule has 0 unspecified atom stereocenters. The van der Waals surface area contributed by atoms with E-state index in [1.165, 1.54) is 104 Å². The van der Waals surface area contributed by atoms with Gasteiger partial charge < -0.3 is 4.57 Å². The smallest absolute Gasteiger partial charge is 0.179 e. The summed E-state index contributed by atoms with van der Waals surface area (Å²) >= 11 is 0. The maximum Gasteiger partial charge on any atom is 0.179 e. The van der Waals surface area contributed by atoms with E-state index in [0.717, 1.165) is 5.69 Å². The van der Waals surface area contributed by atoms with Crippen LogP contribution in [0, 0.1) is 0 Å². The van der Waals surface area contributed by atoms with Crippen molar-refractivity contribution in [3.05, 3.63) is 354 Å². The van der Waals surface area contributed by atoms with Crippen LogP contribution in [0.25, 0.3) is 49.7 Å². The summed E-state index contributed by atoms with van der Waals surface area (Å²) in [7, 11) is -3.16. The Balaban J connectivity index is 1.16. The van der Waals surface area contributed by atoms with Crippen molar-refractivity contribution >= 4 is 50.6 Å². The lowest BCUT2D eigenvalue weighted by atomic mass is 9.65. The van der Waals surface area contributed by atoms with Gasteiger partial charge in [0.25, 0.3) is 0 Å². The largest absolute Gasteiger partial charge is 0.309 e. The quantitative estimate of drug-likeness (QED) is 0.0899. The number of fused-ring (bicyclic) bond motifs is 6. The van der Waals surface area contributed by atoms with Gasteiger partial charge in [-0.25, -0.2) is 0 Å². The molecule has 0 amide bonds. The Labute approximate surface area is 446 Å². The molecule has 0 atom stereocenters. The van der Waals surface area contributed by atoms with E-state index in [2.05, 4.69) is 320 Å². The molecule has 76 heavy (non-hydrogen) atoms. The van der Waals surface area contributed by atoms with Gasteiger partial charge in [-0.3, -0.25) is 0 Å². The van der Waals surface area contributed by atoms with Crippen molar-refractivity contribution in [2.24, 2.45) is 0 Å². The predicted octanol–water partition coefficient (Wildman–Crippen LogP) is 15.4. The maximum absolute atomic E-state index is 3.16. The molecule has 0 saturated heterocycles. The van der Waals surface area contributed by atoms with Crippen LogP contribution in [-0.2, 0) is 5.41 Å². The Morgan fingerprint density at radius 1 is 0.289 bits per heavy atom. The van der Waals surface area contributed by atoms with Crippen molar-refractivity contribution in [1.29, 1.82) is 0 Å². The first kappa shape index (κ1) is 45.3. The summed E-state index contributed by atoms with van der Waals surface area (Å²) in [6.07, 6.45) is 0. The van der Waals surface area contributed by atoms with E-state index in [0.29, 0.717) is 0 Å². The van der Waals surface area contributed by atoms with Crippen LogP contribution >= 0.6 is 0 Å². The van der Waals surface area contributed by atoms with Crippen LogP contribution < -0.4 is 20.7 Å². The van der Waals surface area contributed by atoms with E-state index < -0.39 is 13.5 Å². The minimum atomic E-state index is -3.16. The third-order valence-corrected chi connectivity index (χ3v) is 21.1. The minimum absolute atomic E-state index is 0.0188. The molecule has 13 aromatic rings. The summed E-state index contributed by atoms with van der Waals surface area (Å²) in [6.45, 7) is 0. The Morgan fingerprint density at radius 3 is 1.13 bits per heavy atom. The number of nitrogens with zero attached hydrogens (tertiary/aromatic N) is 1. The van der Waals surface area contributed by atoms with Crippen molar-refractivity contribution in [3.8, 4) is 27.9 Å². The van der Waals surface area contributed by atoms with Crippen molar-refractivity contribution in [2.45, 2.75) is 11.3 Å². The van der Waals surface area contributed by atoms with Gasteiger partial charge in [0.15, 0.2) is 8.07 Å². The number of aromatic nitrogens is 1. The number of rotatable bonds is 11. The van der Waals surface area contributed by atoms with Gasteiger partial charge in [-0.2, -0.15) is 0 Å². The van der Waals surface area contributed by atoms with E-state index in [9.17, 15) is 0 Å². The molecule has 0 spiro atoms. The molecule has 0 radical (unpaired) electrons. The fourth-order valence-corrected chi connectivity index (χ4v) is 18.0. The van der Waals surface area contributed by atoms with Crippen LogP contribution in [0.1, 0.15) is 44.9 Å². The first-order valence-corrected chi connectivity index (χ1v) is 28.5. The normalized spacial score (nSPS) is 12.4. The average Bonchev–Trinajstić information content (AvgIpc) is 4.06. The van der Waals surface area contributed by atoms with Crippen LogP contribution in [0.3, 0.4) is 0 Å². The second-order valence-corrected chi connectivity index (χ2v) is 24.1. The number of para-hydroxylation sites is 2. The molecule has 0 aliphatic heterocycles. The molecular formula is C74H53NSi. The zero-order chi connectivity index (χ0) is 50.5. The molecule has 0 saturated carbocycles. The lowest BCUT2D eigenvalue weighted by Gasteiger charge is -2.40. The van der Waals surface area contributed by atoms with E-state index in [1.54, 1.807) is 0 Å². The van der Waals surface area contributed by atoms with Crippen LogP contribution in [0.15, 0.2) is 315 Å². The SMILES string of the molecule is c1ccc(C(c2ccccc2)(c2ccccc2)c2cc(-c3cc(C4c5ccccc5-c5ccccc54)cc(-n4c5ccccc5c5ccccc54)c3)cc([Si](c3ccccc3)(c3ccccc3)c3ccccc3)c2)cc1. The summed E-state index contributed by atoms with van der Waals surface area (Å²) in [5.74, 6) is 0.0188. The molecular weight excluding hydrogens is 931 g/mol. The molecule has 1 heterocycles. The first-order valence-electron chi connectivity index (χ1n) is 26.5. The molecule has 1 aliphatic carbocycles. The minimum Gasteiger partial charge on any atom is -0.309 e. The van der Waals surface area contributed by atoms with Crippen LogP contribution in [-0.4, -0.2) is 12.6 Å². The Bertz CT molecular complexity index is 3770. The summed E-state index contributed by atoms with van der Waals surface area (Å²) in [6, 6.07) is 119. The van der Waals surface area contributed by atoms with Crippen LogP contribution in [0.4, 0.5) is 0 Å². The van der Waals surface area contributed by atoms with Gasteiger partial charge in [0, 0.05) is 22.4 Å². The molecule has 14 rings (SSSR count). The first-order chi connectivity index (χ1) is 37.7. The summed E-state index contributed by atoms with van der Waals surface area (Å²) in [5.41, 5.74) is 16.5. The maximum atomic E-state index is 2.61. The zero-order valence-corrected chi connectivity index (χ0v) is 43.0. The monoisotopic (exact) mass is 983 g/mol. The topological polar surface area (TPSA) is 4.93 Å². The van der Waals surface area contributed by atoms with Crippen molar-refractivity contribution < 1.29 is 0 Å². The highest BCUT2D eigenvalue weighted by atomic mass is 28.3. The molecule has 358 valence electrons. The van der Waals surface area contributed by atoms with Gasteiger partial charge in [-0.05, 0) is 112 Å². The lowest BCUT2D eigenvalue weighted by Crippen LogP contribution is -2.74. The van der Waals surface area contributed by atoms with E-state index in [4.69, 9.17) is 0 Å². The third kappa shape index (κ3) is 7.21. The van der Waals surface area contributed by atoms with Gasteiger partial charge in [-0.1, -0.05) is 285 Å². The lowest BCUT2D eigenvalue weighted by molar-refractivity contribution is 0.746. The Kier molecular flexibility index (Phi) is 11.2. The van der Waals surface area contributed by atoms with Crippen LogP contribution in [0.5, 0.6) is 0 Å². The van der Waals surface area contributed by atoms with E-state index in [1.807, 2.05) is 0 Å². The van der Waals surface area contributed by atoms with Crippen molar-refractivity contribution in [2.75, 3.05) is 0 Å². The molecule has 2 heteroatoms. The number of hydrogen-bond donors (Lipinski definition) is 0. The number of benzene rings is 12. The molecule has 0 bridgehead atoms. The second-order valence-electron chi connectivity index (χ2n) is 20.3. The standard InChI is InChI=1S/C74H53NSi/c1-7-27-56(28-8-1)74(57-29-9-2-10-30-57,58-31-11-3-12-32-58)59-48-54(51-64(52-59)76(61-33-13-4-14-34-61,62-35-15-5-16-36-62)63-37-17-6-18-38-63)53-47-55(73-69-43-21-19-39-65(69)66-40-20-22-44-70(66)73)50-60(49-53)75-71-45-25-23-41-67(71)68-42-24-26-46-72(68)75/h1-52,73H. The fraction of sp³-hybridized carbons (Fsp3) is 0.0270. The predicted molar refractivity (Wildman–Crippen MR) is 321 cm³/mol. The molecule has 1 nitrogen and oxygen atoms in total. The molecule has 0 fully saturated rings. The van der Waals surface area contributed by atoms with E-state index in [-0.39, 0.29) is 5.92 Å². The molecule has 0 N–H and O–H groups in total. The Hall–Kier alpha value is -9.34. The van der Waals surface area contributed by atoms with E-state index >= 15 is 0 Å². The van der Waals surface area contributed by atoms with Gasteiger partial charge in [-0.15, -0.1) is 0 Å². The van der Waals surface area contributed by atoms with Crippen LogP contribution in [0.2, 0.25) is 0 Å². The molecule has 1 aliphatic rings. The van der Waals surface area contributed by atoms with Crippen molar-refractivity contribution in [1.82, 2.24) is 4.57 Å². The zero-order valence-electron chi connectivity index (χ0n) is 42.0.